The third kappa shape index (κ3) is 4.08. The van der Waals surface area contributed by atoms with E-state index in [9.17, 15) is 18.0 Å². The standard InChI is InChI=1S/C20H20F3NO3/c1-26-11-17-16(12-3-6-15(27-2)7-4-12)10-13-9-14(20(21,22)23)5-8-18(13)24-19(17)25/h3-9,16-17H,10-11H2,1-2H3,(H,24,25)/t16-,17+/m0/s1. The number of rotatable bonds is 4. The fraction of sp³-hybridized carbons (Fsp3) is 0.350. The molecule has 2 atom stereocenters. The zero-order valence-electron chi connectivity index (χ0n) is 15.0. The third-order valence-electron chi connectivity index (χ3n) is 4.84. The summed E-state index contributed by atoms with van der Waals surface area (Å²) in [5.74, 6) is -0.443. The van der Waals surface area contributed by atoms with Crippen LogP contribution in [0.1, 0.15) is 22.6 Å². The van der Waals surface area contributed by atoms with Gasteiger partial charge in [-0.25, -0.2) is 0 Å². The Labute approximate surface area is 155 Å². The molecule has 3 rings (SSSR count). The van der Waals surface area contributed by atoms with E-state index in [4.69, 9.17) is 9.47 Å². The van der Waals surface area contributed by atoms with Crippen LogP contribution in [-0.4, -0.2) is 26.7 Å². The van der Waals surface area contributed by atoms with E-state index in [0.29, 0.717) is 23.4 Å². The van der Waals surface area contributed by atoms with Gasteiger partial charge in [0.15, 0.2) is 0 Å². The van der Waals surface area contributed by atoms with Crippen molar-refractivity contribution in [3.63, 3.8) is 0 Å². The summed E-state index contributed by atoms with van der Waals surface area (Å²) in [6, 6.07) is 10.6. The number of anilines is 1. The molecule has 2 aromatic carbocycles. The Balaban J connectivity index is 2.04. The van der Waals surface area contributed by atoms with Crippen LogP contribution in [0.5, 0.6) is 5.75 Å². The number of methoxy groups -OCH3 is 2. The molecule has 144 valence electrons. The van der Waals surface area contributed by atoms with Gasteiger partial charge in [-0.1, -0.05) is 12.1 Å². The van der Waals surface area contributed by atoms with Gasteiger partial charge in [0.1, 0.15) is 5.75 Å². The molecule has 0 bridgehead atoms. The molecule has 0 saturated carbocycles. The molecule has 0 unspecified atom stereocenters. The second kappa shape index (κ2) is 7.60. The number of nitrogens with one attached hydrogen (secondary N) is 1. The molecule has 7 heteroatoms. The van der Waals surface area contributed by atoms with Crippen LogP contribution in [0.3, 0.4) is 0 Å². The molecule has 0 aromatic heterocycles. The zero-order valence-corrected chi connectivity index (χ0v) is 15.0. The van der Waals surface area contributed by atoms with Crippen molar-refractivity contribution < 1.29 is 27.4 Å². The minimum atomic E-state index is -4.44. The molecule has 1 N–H and O–H groups in total. The monoisotopic (exact) mass is 379 g/mol. The Morgan fingerprint density at radius 1 is 1.11 bits per heavy atom. The number of hydrogen-bond donors (Lipinski definition) is 1. The number of carbonyl (C=O) groups excluding carboxylic acids is 1. The molecular weight excluding hydrogens is 359 g/mol. The van der Waals surface area contributed by atoms with E-state index in [-0.39, 0.29) is 18.4 Å². The molecule has 1 heterocycles. The minimum absolute atomic E-state index is 0.169. The maximum Gasteiger partial charge on any atom is 0.416 e. The topological polar surface area (TPSA) is 47.6 Å². The Hall–Kier alpha value is -2.54. The average Bonchev–Trinajstić information content (AvgIpc) is 2.77. The second-order valence-corrected chi connectivity index (χ2v) is 6.50. The van der Waals surface area contributed by atoms with E-state index < -0.39 is 17.7 Å². The van der Waals surface area contributed by atoms with Gasteiger partial charge in [-0.05, 0) is 47.9 Å². The number of alkyl halides is 3. The maximum atomic E-state index is 13.1. The van der Waals surface area contributed by atoms with Crippen LogP contribution in [0.25, 0.3) is 0 Å². The van der Waals surface area contributed by atoms with Crippen molar-refractivity contribution in [2.75, 3.05) is 26.1 Å². The van der Waals surface area contributed by atoms with Gasteiger partial charge in [0.05, 0.1) is 25.2 Å². The molecule has 1 aliphatic heterocycles. The number of fused-ring (bicyclic) bond motifs is 1. The first-order valence-corrected chi connectivity index (χ1v) is 8.47. The van der Waals surface area contributed by atoms with Crippen molar-refractivity contribution in [2.45, 2.75) is 18.5 Å². The number of carbonyl (C=O) groups is 1. The first kappa shape index (κ1) is 19.2. The molecule has 2 aromatic rings. The lowest BCUT2D eigenvalue weighted by Gasteiger charge is -2.23. The third-order valence-corrected chi connectivity index (χ3v) is 4.84. The summed E-state index contributed by atoms with van der Waals surface area (Å²) in [7, 11) is 3.05. The van der Waals surface area contributed by atoms with Gasteiger partial charge in [-0.15, -0.1) is 0 Å². The second-order valence-electron chi connectivity index (χ2n) is 6.50. The van der Waals surface area contributed by atoms with Crippen LogP contribution in [-0.2, 0) is 22.1 Å². The van der Waals surface area contributed by atoms with Crippen LogP contribution < -0.4 is 10.1 Å². The van der Waals surface area contributed by atoms with Gasteiger partial charge in [-0.2, -0.15) is 13.2 Å². The highest BCUT2D eigenvalue weighted by molar-refractivity contribution is 5.95. The van der Waals surface area contributed by atoms with Crippen LogP contribution in [0, 0.1) is 5.92 Å². The summed E-state index contributed by atoms with van der Waals surface area (Å²) in [4.78, 5) is 12.7. The lowest BCUT2D eigenvalue weighted by atomic mass is 9.82. The lowest BCUT2D eigenvalue weighted by molar-refractivity contribution is -0.137. The van der Waals surface area contributed by atoms with Crippen LogP contribution >= 0.6 is 0 Å². The summed E-state index contributed by atoms with van der Waals surface area (Å²) in [5, 5.41) is 2.75. The summed E-state index contributed by atoms with van der Waals surface area (Å²) >= 11 is 0. The van der Waals surface area contributed by atoms with Gasteiger partial charge < -0.3 is 14.8 Å². The lowest BCUT2D eigenvalue weighted by Crippen LogP contribution is -2.30. The smallest absolute Gasteiger partial charge is 0.416 e. The fourth-order valence-corrected chi connectivity index (χ4v) is 3.42. The summed E-state index contributed by atoms with van der Waals surface area (Å²) < 4.78 is 49.7. The van der Waals surface area contributed by atoms with Crippen molar-refractivity contribution in [3.05, 3.63) is 59.2 Å². The molecule has 27 heavy (non-hydrogen) atoms. The highest BCUT2D eigenvalue weighted by atomic mass is 19.4. The largest absolute Gasteiger partial charge is 0.497 e. The maximum absolute atomic E-state index is 13.1. The number of amides is 1. The molecule has 1 aliphatic rings. The molecule has 0 radical (unpaired) electrons. The van der Waals surface area contributed by atoms with Crippen molar-refractivity contribution >= 4 is 11.6 Å². The van der Waals surface area contributed by atoms with Gasteiger partial charge in [0.25, 0.3) is 0 Å². The first-order chi connectivity index (χ1) is 12.8. The average molecular weight is 379 g/mol. The van der Waals surface area contributed by atoms with Crippen LogP contribution in [0.15, 0.2) is 42.5 Å². The van der Waals surface area contributed by atoms with Gasteiger partial charge in [0.2, 0.25) is 5.91 Å². The summed E-state index contributed by atoms with van der Waals surface area (Å²) in [6.45, 7) is 0.169. The quantitative estimate of drug-likeness (QED) is 0.864. The van der Waals surface area contributed by atoms with E-state index in [1.54, 1.807) is 19.2 Å². The van der Waals surface area contributed by atoms with Gasteiger partial charge in [-0.3, -0.25) is 4.79 Å². The van der Waals surface area contributed by atoms with Gasteiger partial charge >= 0.3 is 6.18 Å². The predicted molar refractivity (Wildman–Crippen MR) is 94.9 cm³/mol. The minimum Gasteiger partial charge on any atom is -0.497 e. The molecule has 0 aliphatic carbocycles. The van der Waals surface area contributed by atoms with E-state index in [1.807, 2.05) is 12.1 Å². The van der Waals surface area contributed by atoms with Crippen molar-refractivity contribution in [3.8, 4) is 5.75 Å². The first-order valence-electron chi connectivity index (χ1n) is 8.47. The Morgan fingerprint density at radius 3 is 2.41 bits per heavy atom. The van der Waals surface area contributed by atoms with Crippen molar-refractivity contribution in [2.24, 2.45) is 5.92 Å². The molecule has 4 nitrogen and oxygen atoms in total. The highest BCUT2D eigenvalue weighted by Gasteiger charge is 2.36. The van der Waals surface area contributed by atoms with Crippen LogP contribution in [0.4, 0.5) is 18.9 Å². The van der Waals surface area contributed by atoms with E-state index in [2.05, 4.69) is 5.32 Å². The van der Waals surface area contributed by atoms with Gasteiger partial charge in [0, 0.05) is 18.7 Å². The Kier molecular flexibility index (Phi) is 5.41. The predicted octanol–water partition coefficient (Wildman–Crippen LogP) is 4.26. The highest BCUT2D eigenvalue weighted by Crippen LogP contribution is 2.39. The number of benzene rings is 2. The molecular formula is C20H20F3NO3. The summed E-state index contributed by atoms with van der Waals surface area (Å²) in [6.07, 6.45) is -4.15. The SMILES string of the molecule is COC[C@H]1C(=O)Nc2ccc(C(F)(F)F)cc2C[C@H]1c1ccc(OC)cc1. The molecule has 0 spiro atoms. The number of ether oxygens (including phenoxy) is 2. The fourth-order valence-electron chi connectivity index (χ4n) is 3.42. The van der Waals surface area contributed by atoms with E-state index in [1.165, 1.54) is 13.2 Å². The molecule has 0 saturated heterocycles. The number of halogens is 3. The molecule has 0 fully saturated rings. The normalized spacial score (nSPS) is 19.8. The van der Waals surface area contributed by atoms with E-state index >= 15 is 0 Å². The van der Waals surface area contributed by atoms with Crippen molar-refractivity contribution in [1.29, 1.82) is 0 Å². The summed E-state index contributed by atoms with van der Waals surface area (Å²) in [5.41, 5.74) is 0.982. The van der Waals surface area contributed by atoms with Crippen LogP contribution in [0.2, 0.25) is 0 Å². The zero-order chi connectivity index (χ0) is 19.6. The van der Waals surface area contributed by atoms with E-state index in [0.717, 1.165) is 17.7 Å². The molecule has 1 amide bonds. The number of hydrogen-bond acceptors (Lipinski definition) is 3. The van der Waals surface area contributed by atoms with Crippen molar-refractivity contribution in [1.82, 2.24) is 0 Å². The Bertz CT molecular complexity index is 818. The Morgan fingerprint density at radius 2 is 1.81 bits per heavy atom.